The number of aliphatic imine (C=N–C) groups is 1. The summed E-state index contributed by atoms with van der Waals surface area (Å²) in [6, 6.07) is 5.08. The maximum Gasteiger partial charge on any atom is 0.407 e. The fraction of sp³-hybridized carbons (Fsp3) is 0.455. The summed E-state index contributed by atoms with van der Waals surface area (Å²) < 4.78 is 19.6. The molecule has 2 fully saturated rings. The third-order valence-corrected chi connectivity index (χ3v) is 7.96. The molecule has 4 atom stereocenters. The molecule has 1 aromatic carbocycles. The topological polar surface area (TPSA) is 138 Å². The first-order valence-electron chi connectivity index (χ1n) is 14.8. The van der Waals surface area contributed by atoms with Gasteiger partial charge < -0.3 is 31.0 Å². The standard InChI is InChI=1S/C33H40FN7O3/c1-21(2)28(39-32(43)44-5)31(42)41-19-11-16-27(41)29(35)40-33(4,22(3)24-13-6-7-14-25(24)34)17-9-8-12-23-20-37-30(38-23)26-15-10-18-36-26/h6-7,13-14,20-21,26-28,36H,3,10-11,15-16,18-19H2,1-2,4-5H3,(H2,35,40)(H,37,38)(H,39,43)/t26-,27-,28-,33?/m0/s1. The monoisotopic (exact) mass is 601 g/mol. The highest BCUT2D eigenvalue weighted by atomic mass is 19.1. The molecule has 0 aliphatic carbocycles. The van der Waals surface area contributed by atoms with Gasteiger partial charge in [-0.15, -0.1) is 0 Å². The summed E-state index contributed by atoms with van der Waals surface area (Å²) in [6.45, 7) is 10.9. The highest BCUT2D eigenvalue weighted by Crippen LogP contribution is 2.32. The Morgan fingerprint density at radius 3 is 2.73 bits per heavy atom. The number of aromatic amines is 1. The highest BCUT2D eigenvalue weighted by molar-refractivity contribution is 5.95. The van der Waals surface area contributed by atoms with E-state index < -0.39 is 29.5 Å². The third-order valence-electron chi connectivity index (χ3n) is 7.96. The van der Waals surface area contributed by atoms with Crippen molar-refractivity contribution in [2.24, 2.45) is 16.6 Å². The lowest BCUT2D eigenvalue weighted by molar-refractivity contribution is -0.134. The molecule has 10 nitrogen and oxygen atoms in total. The summed E-state index contributed by atoms with van der Waals surface area (Å²) in [6.07, 6.45) is 4.35. The zero-order valence-corrected chi connectivity index (χ0v) is 25.7. The van der Waals surface area contributed by atoms with Gasteiger partial charge in [-0.2, -0.15) is 0 Å². The summed E-state index contributed by atoms with van der Waals surface area (Å²) in [5.41, 5.74) is 6.40. The lowest BCUT2D eigenvalue weighted by Crippen LogP contribution is -2.55. The van der Waals surface area contributed by atoms with Gasteiger partial charge in [-0.25, -0.2) is 19.2 Å². The molecule has 0 radical (unpaired) electrons. The number of imidazole rings is 1. The normalized spacial score (nSPS) is 20.1. The lowest BCUT2D eigenvalue weighted by Gasteiger charge is -2.31. The van der Waals surface area contributed by atoms with Crippen LogP contribution in [0, 0.1) is 35.4 Å². The van der Waals surface area contributed by atoms with E-state index in [0.717, 1.165) is 25.2 Å². The van der Waals surface area contributed by atoms with Crippen LogP contribution in [-0.4, -0.2) is 70.5 Å². The molecule has 232 valence electrons. The van der Waals surface area contributed by atoms with Gasteiger partial charge in [0.25, 0.3) is 0 Å². The zero-order chi connectivity index (χ0) is 31.9. The minimum atomic E-state index is -1.37. The molecule has 1 unspecified atom stereocenters. The zero-order valence-electron chi connectivity index (χ0n) is 25.7. The summed E-state index contributed by atoms with van der Waals surface area (Å²) in [5.74, 6) is 11.7. The van der Waals surface area contributed by atoms with Gasteiger partial charge in [-0.3, -0.25) is 4.79 Å². The van der Waals surface area contributed by atoms with Crippen LogP contribution in [0.2, 0.25) is 0 Å². The molecule has 11 heteroatoms. The van der Waals surface area contributed by atoms with E-state index in [-0.39, 0.29) is 29.3 Å². The van der Waals surface area contributed by atoms with E-state index in [2.05, 4.69) is 50.9 Å². The molecule has 44 heavy (non-hydrogen) atoms. The summed E-state index contributed by atoms with van der Waals surface area (Å²) in [5, 5.41) is 6.02. The first kappa shape index (κ1) is 32.3. The number of amidine groups is 1. The maximum atomic E-state index is 14.9. The number of halogens is 1. The molecule has 2 amide bonds. The van der Waals surface area contributed by atoms with Gasteiger partial charge in [0.1, 0.15) is 34.8 Å². The summed E-state index contributed by atoms with van der Waals surface area (Å²) >= 11 is 0. The number of hydrogen-bond donors (Lipinski definition) is 4. The van der Waals surface area contributed by atoms with E-state index in [1.807, 2.05) is 13.8 Å². The first-order chi connectivity index (χ1) is 21.0. The molecule has 0 spiro atoms. The lowest BCUT2D eigenvalue weighted by atomic mass is 9.88. The number of rotatable bonds is 8. The van der Waals surface area contributed by atoms with Crippen LogP contribution in [0.25, 0.3) is 5.57 Å². The molecule has 0 bridgehead atoms. The van der Waals surface area contributed by atoms with Crippen LogP contribution in [-0.2, 0) is 9.53 Å². The van der Waals surface area contributed by atoms with Crippen molar-refractivity contribution < 1.29 is 18.7 Å². The largest absolute Gasteiger partial charge is 0.453 e. The second kappa shape index (κ2) is 14.2. The predicted molar refractivity (Wildman–Crippen MR) is 168 cm³/mol. The SMILES string of the molecule is C=C(c1ccccc1F)C(C)(C#CC#Cc1cnc([C@@H]2CCCN2)[nH]1)/N=C(\N)[C@@H]1CCCN1C(=O)[C@@H](NC(=O)OC)C(C)C. The van der Waals surface area contributed by atoms with Crippen molar-refractivity contribution in [1.82, 2.24) is 25.5 Å². The van der Waals surface area contributed by atoms with Crippen molar-refractivity contribution in [3.63, 3.8) is 0 Å². The number of likely N-dealkylation sites (tertiary alicyclic amines) is 1. The number of nitrogens with two attached hydrogens (primary N) is 1. The van der Waals surface area contributed by atoms with Crippen molar-refractivity contribution >= 4 is 23.4 Å². The Kier molecular flexibility index (Phi) is 10.5. The van der Waals surface area contributed by atoms with Gasteiger partial charge in [0.2, 0.25) is 5.91 Å². The number of hydrogen-bond acceptors (Lipinski definition) is 6. The van der Waals surface area contributed by atoms with E-state index in [9.17, 15) is 14.0 Å². The Morgan fingerprint density at radius 1 is 1.27 bits per heavy atom. The van der Waals surface area contributed by atoms with Crippen LogP contribution >= 0.6 is 0 Å². The Morgan fingerprint density at radius 2 is 2.05 bits per heavy atom. The van der Waals surface area contributed by atoms with Crippen LogP contribution in [0.1, 0.15) is 69.6 Å². The van der Waals surface area contributed by atoms with E-state index in [4.69, 9.17) is 15.5 Å². The van der Waals surface area contributed by atoms with Crippen LogP contribution in [0.4, 0.5) is 9.18 Å². The van der Waals surface area contributed by atoms with Crippen molar-refractivity contribution in [2.45, 2.75) is 70.1 Å². The quantitative estimate of drug-likeness (QED) is 0.208. The maximum absolute atomic E-state index is 14.9. The fourth-order valence-corrected chi connectivity index (χ4v) is 5.43. The molecule has 4 rings (SSSR count). The molecule has 2 aliphatic heterocycles. The Bertz CT molecular complexity index is 1540. The summed E-state index contributed by atoms with van der Waals surface area (Å²) in [7, 11) is 1.25. The smallest absolute Gasteiger partial charge is 0.407 e. The van der Waals surface area contributed by atoms with Crippen LogP contribution in [0.15, 0.2) is 42.0 Å². The van der Waals surface area contributed by atoms with Crippen LogP contribution < -0.4 is 16.4 Å². The number of amides is 2. The molecule has 1 aromatic heterocycles. The number of nitrogens with zero attached hydrogens (tertiary/aromatic N) is 3. The fourth-order valence-electron chi connectivity index (χ4n) is 5.43. The average molecular weight is 602 g/mol. The minimum Gasteiger partial charge on any atom is -0.453 e. The molecular formula is C33H40FN7O3. The molecule has 2 aliphatic rings. The number of ether oxygens (including phenoxy) is 1. The van der Waals surface area contributed by atoms with Crippen molar-refractivity contribution in [1.29, 1.82) is 0 Å². The van der Waals surface area contributed by atoms with E-state index in [1.165, 1.54) is 13.2 Å². The molecule has 3 heterocycles. The highest BCUT2D eigenvalue weighted by Gasteiger charge is 2.38. The first-order valence-corrected chi connectivity index (χ1v) is 14.8. The summed E-state index contributed by atoms with van der Waals surface area (Å²) in [4.78, 5) is 39.6. The third kappa shape index (κ3) is 7.47. The van der Waals surface area contributed by atoms with Crippen molar-refractivity contribution in [3.8, 4) is 23.7 Å². The second-order valence-electron chi connectivity index (χ2n) is 11.4. The van der Waals surface area contributed by atoms with Crippen LogP contribution in [0.3, 0.4) is 0 Å². The number of carbonyl (C=O) groups is 2. The molecule has 0 saturated carbocycles. The number of benzene rings is 1. The number of nitrogens with one attached hydrogen (secondary N) is 3. The van der Waals surface area contributed by atoms with Gasteiger partial charge in [0.05, 0.1) is 25.4 Å². The van der Waals surface area contributed by atoms with Gasteiger partial charge in [-0.05, 0) is 74.5 Å². The van der Waals surface area contributed by atoms with E-state index in [1.54, 1.807) is 36.2 Å². The van der Waals surface area contributed by atoms with Gasteiger partial charge >= 0.3 is 6.09 Å². The Hall–Kier alpha value is -4.61. The molecule has 2 saturated heterocycles. The number of aromatic nitrogens is 2. The second-order valence-corrected chi connectivity index (χ2v) is 11.4. The Balaban J connectivity index is 1.64. The number of carbonyl (C=O) groups excluding carboxylic acids is 2. The number of H-pyrrole nitrogens is 1. The minimum absolute atomic E-state index is 0.154. The van der Waals surface area contributed by atoms with E-state index in [0.29, 0.717) is 30.7 Å². The number of methoxy groups -OCH3 is 1. The molecular weight excluding hydrogens is 561 g/mol. The van der Waals surface area contributed by atoms with Gasteiger partial charge in [0.15, 0.2) is 0 Å². The molecule has 5 N–H and O–H groups in total. The van der Waals surface area contributed by atoms with E-state index >= 15 is 0 Å². The van der Waals surface area contributed by atoms with Gasteiger partial charge in [-0.1, -0.05) is 44.5 Å². The van der Waals surface area contributed by atoms with Crippen LogP contribution in [0.5, 0.6) is 0 Å². The number of alkyl carbamates (subject to hydrolysis) is 1. The van der Waals surface area contributed by atoms with Crippen molar-refractivity contribution in [2.75, 3.05) is 20.2 Å². The average Bonchev–Trinajstić information content (AvgIpc) is 3.79. The molecule has 2 aromatic rings. The van der Waals surface area contributed by atoms with Crippen molar-refractivity contribution in [3.05, 3.63) is 59.9 Å². The Labute approximate surface area is 258 Å². The predicted octanol–water partition coefficient (Wildman–Crippen LogP) is 3.53. The van der Waals surface area contributed by atoms with Gasteiger partial charge in [0, 0.05) is 12.1 Å².